The van der Waals surface area contributed by atoms with Gasteiger partial charge in [0.2, 0.25) is 0 Å². The van der Waals surface area contributed by atoms with Gasteiger partial charge in [0.15, 0.2) is 0 Å². The fourth-order valence-corrected chi connectivity index (χ4v) is 3.64. The van der Waals surface area contributed by atoms with Crippen LogP contribution in [0.25, 0.3) is 0 Å². The van der Waals surface area contributed by atoms with E-state index < -0.39 is 12.2 Å². The minimum atomic E-state index is -0.633. The summed E-state index contributed by atoms with van der Waals surface area (Å²) in [5.74, 6) is -0.382. The first-order chi connectivity index (χ1) is 12.5. The summed E-state index contributed by atoms with van der Waals surface area (Å²) in [4.78, 5) is 23.2. The fraction of sp³-hybridized carbons (Fsp3) is 0.810. The van der Waals surface area contributed by atoms with E-state index in [-0.39, 0.29) is 30.0 Å². The minimum Gasteiger partial charge on any atom is -0.469 e. The summed E-state index contributed by atoms with van der Waals surface area (Å²) >= 11 is 0. The molecular weight excluding hydrogens is 332 g/mol. The molecule has 1 rings (SSSR count). The van der Waals surface area contributed by atoms with Crippen LogP contribution in [0.2, 0.25) is 0 Å². The number of aliphatic hydroxyl groups is 2. The Morgan fingerprint density at radius 1 is 1.23 bits per heavy atom. The van der Waals surface area contributed by atoms with Crippen molar-refractivity contribution in [1.82, 2.24) is 0 Å². The van der Waals surface area contributed by atoms with Gasteiger partial charge in [0.25, 0.3) is 0 Å². The molecule has 0 aromatic rings. The van der Waals surface area contributed by atoms with Crippen LogP contribution in [0.1, 0.15) is 77.6 Å². The number of aliphatic hydroxyl groups excluding tert-OH is 2. The Labute approximate surface area is 157 Å². The van der Waals surface area contributed by atoms with Gasteiger partial charge in [-0.25, -0.2) is 0 Å². The van der Waals surface area contributed by atoms with Crippen LogP contribution in [-0.2, 0) is 14.3 Å². The monoisotopic (exact) mass is 368 g/mol. The van der Waals surface area contributed by atoms with Gasteiger partial charge >= 0.3 is 5.97 Å². The Balaban J connectivity index is 2.37. The standard InChI is InChI=1S/C21H36O5/c1-3-4-7-10-16(22)13-14-18-17(19(23)15-20(18)24)11-8-5-6-9-12-21(25)26-2/h13-14,16-18,20,22,24H,3-12,15H2,1-2H3/t16-,17+,18+,20+/m1/s1. The van der Waals surface area contributed by atoms with E-state index in [4.69, 9.17) is 0 Å². The lowest BCUT2D eigenvalue weighted by atomic mass is 9.88. The molecule has 0 saturated heterocycles. The molecule has 150 valence electrons. The summed E-state index contributed by atoms with van der Waals surface area (Å²) < 4.78 is 4.62. The van der Waals surface area contributed by atoms with Crippen LogP contribution in [0.15, 0.2) is 12.2 Å². The summed E-state index contributed by atoms with van der Waals surface area (Å²) in [7, 11) is 1.40. The fourth-order valence-electron chi connectivity index (χ4n) is 3.64. The highest BCUT2D eigenvalue weighted by Gasteiger charge is 2.39. The Morgan fingerprint density at radius 3 is 2.65 bits per heavy atom. The average Bonchev–Trinajstić information content (AvgIpc) is 2.89. The third-order valence-corrected chi connectivity index (χ3v) is 5.27. The first-order valence-electron chi connectivity index (χ1n) is 10.1. The Morgan fingerprint density at radius 2 is 1.96 bits per heavy atom. The first kappa shape index (κ1) is 22.8. The van der Waals surface area contributed by atoms with Crippen molar-refractivity contribution in [2.45, 2.75) is 89.8 Å². The molecule has 0 bridgehead atoms. The maximum Gasteiger partial charge on any atom is 0.305 e. The molecule has 1 aliphatic rings. The van der Waals surface area contributed by atoms with Crippen LogP contribution in [0, 0.1) is 11.8 Å². The number of carbonyl (C=O) groups excluding carboxylic acids is 2. The summed E-state index contributed by atoms with van der Waals surface area (Å²) in [5.41, 5.74) is 0. The molecule has 0 aromatic heterocycles. The number of esters is 1. The second-order valence-corrected chi connectivity index (χ2v) is 7.40. The van der Waals surface area contributed by atoms with Gasteiger partial charge < -0.3 is 14.9 Å². The molecular formula is C21H36O5. The molecule has 0 amide bonds. The van der Waals surface area contributed by atoms with E-state index in [1.54, 1.807) is 6.08 Å². The molecule has 26 heavy (non-hydrogen) atoms. The van der Waals surface area contributed by atoms with Gasteiger partial charge in [-0.15, -0.1) is 0 Å². The summed E-state index contributed by atoms with van der Waals surface area (Å²) in [6, 6.07) is 0. The summed E-state index contributed by atoms with van der Waals surface area (Å²) in [6.07, 6.45) is 11.5. The first-order valence-corrected chi connectivity index (χ1v) is 10.1. The number of hydrogen-bond acceptors (Lipinski definition) is 5. The van der Waals surface area contributed by atoms with Crippen molar-refractivity contribution in [2.75, 3.05) is 7.11 Å². The highest BCUT2D eigenvalue weighted by molar-refractivity contribution is 5.84. The van der Waals surface area contributed by atoms with Crippen LogP contribution >= 0.6 is 0 Å². The summed E-state index contributed by atoms with van der Waals surface area (Å²) in [6.45, 7) is 2.13. The van der Waals surface area contributed by atoms with Crippen molar-refractivity contribution < 1.29 is 24.5 Å². The lowest BCUT2D eigenvalue weighted by Gasteiger charge is -2.18. The smallest absolute Gasteiger partial charge is 0.305 e. The zero-order chi connectivity index (χ0) is 19.4. The highest BCUT2D eigenvalue weighted by atomic mass is 16.5. The predicted octanol–water partition coefficient (Wildman–Crippen LogP) is 3.56. The molecule has 4 atom stereocenters. The number of carbonyl (C=O) groups is 2. The van der Waals surface area contributed by atoms with Gasteiger partial charge in [-0.2, -0.15) is 0 Å². The van der Waals surface area contributed by atoms with E-state index in [1.807, 2.05) is 6.08 Å². The van der Waals surface area contributed by atoms with E-state index in [9.17, 15) is 19.8 Å². The quantitative estimate of drug-likeness (QED) is 0.295. The zero-order valence-corrected chi connectivity index (χ0v) is 16.4. The van der Waals surface area contributed by atoms with Crippen molar-refractivity contribution in [3.8, 4) is 0 Å². The topological polar surface area (TPSA) is 83.8 Å². The van der Waals surface area contributed by atoms with Crippen molar-refractivity contribution in [1.29, 1.82) is 0 Å². The predicted molar refractivity (Wildman–Crippen MR) is 102 cm³/mol. The van der Waals surface area contributed by atoms with Gasteiger partial charge in [0, 0.05) is 24.7 Å². The molecule has 0 radical (unpaired) electrons. The third kappa shape index (κ3) is 8.45. The second kappa shape index (κ2) is 13.0. The lowest BCUT2D eigenvalue weighted by Crippen LogP contribution is -2.19. The van der Waals surface area contributed by atoms with E-state index in [2.05, 4.69) is 11.7 Å². The highest BCUT2D eigenvalue weighted by Crippen LogP contribution is 2.34. The number of unbranched alkanes of at least 4 members (excludes halogenated alkanes) is 5. The van der Waals surface area contributed by atoms with Crippen molar-refractivity contribution in [2.24, 2.45) is 11.8 Å². The van der Waals surface area contributed by atoms with Crippen molar-refractivity contribution in [3.63, 3.8) is 0 Å². The molecule has 1 fully saturated rings. The molecule has 0 aromatic carbocycles. The zero-order valence-electron chi connectivity index (χ0n) is 16.4. The second-order valence-electron chi connectivity index (χ2n) is 7.40. The van der Waals surface area contributed by atoms with Gasteiger partial charge in [0.1, 0.15) is 5.78 Å². The van der Waals surface area contributed by atoms with Crippen molar-refractivity contribution in [3.05, 3.63) is 12.2 Å². The molecule has 0 aliphatic heterocycles. The SMILES string of the molecule is CCCCC[C@@H](O)C=C[C@H]1[C@H](CCCCCCC(=O)OC)C(=O)C[C@@H]1O. The van der Waals surface area contributed by atoms with Crippen molar-refractivity contribution >= 4 is 11.8 Å². The van der Waals surface area contributed by atoms with Gasteiger partial charge in [-0.1, -0.05) is 57.6 Å². The number of hydrogen-bond donors (Lipinski definition) is 2. The van der Waals surface area contributed by atoms with Crippen LogP contribution in [0.3, 0.4) is 0 Å². The largest absolute Gasteiger partial charge is 0.469 e. The number of ketones is 1. The average molecular weight is 369 g/mol. The van der Waals surface area contributed by atoms with Gasteiger partial charge in [-0.05, 0) is 19.3 Å². The van der Waals surface area contributed by atoms with E-state index in [1.165, 1.54) is 7.11 Å². The molecule has 0 spiro atoms. The molecule has 5 nitrogen and oxygen atoms in total. The number of Topliss-reactive ketones (excluding diaryl/α,β-unsaturated/α-hetero) is 1. The van der Waals surface area contributed by atoms with Crippen LogP contribution in [-0.4, -0.2) is 41.3 Å². The normalized spacial score (nSPS) is 24.3. The minimum absolute atomic E-state index is 0.127. The Kier molecular flexibility index (Phi) is 11.5. The number of methoxy groups -OCH3 is 1. The van der Waals surface area contributed by atoms with Crippen LogP contribution in [0.4, 0.5) is 0 Å². The molecule has 1 aliphatic carbocycles. The lowest BCUT2D eigenvalue weighted by molar-refractivity contribution is -0.140. The van der Waals surface area contributed by atoms with Gasteiger partial charge in [0.05, 0.1) is 19.3 Å². The Hall–Kier alpha value is -1.20. The maximum atomic E-state index is 12.2. The van der Waals surface area contributed by atoms with Gasteiger partial charge in [-0.3, -0.25) is 9.59 Å². The van der Waals surface area contributed by atoms with E-state index in [0.29, 0.717) is 6.42 Å². The van der Waals surface area contributed by atoms with E-state index in [0.717, 1.165) is 57.8 Å². The molecule has 1 saturated carbocycles. The summed E-state index contributed by atoms with van der Waals surface area (Å²) in [5, 5.41) is 20.2. The number of ether oxygens (including phenoxy) is 1. The van der Waals surface area contributed by atoms with E-state index >= 15 is 0 Å². The molecule has 0 heterocycles. The third-order valence-electron chi connectivity index (χ3n) is 5.27. The molecule has 5 heteroatoms. The molecule has 2 N–H and O–H groups in total. The van der Waals surface area contributed by atoms with Crippen LogP contribution < -0.4 is 0 Å². The molecule has 0 unspecified atom stereocenters. The Bertz CT molecular complexity index is 446. The van der Waals surface area contributed by atoms with Crippen LogP contribution in [0.5, 0.6) is 0 Å². The number of rotatable bonds is 13. The maximum absolute atomic E-state index is 12.2.